The number of ether oxygens (including phenoxy) is 3. The molecule has 0 saturated carbocycles. The van der Waals surface area contributed by atoms with Crippen LogP contribution in [0.4, 0.5) is 0 Å². The Morgan fingerprint density at radius 2 is 0.476 bits per heavy atom. The highest BCUT2D eigenvalue weighted by atomic mass is 16.6. The van der Waals surface area contributed by atoms with E-state index in [0.29, 0.717) is 19.3 Å². The highest BCUT2D eigenvalue weighted by Gasteiger charge is 2.19. The summed E-state index contributed by atoms with van der Waals surface area (Å²) in [5.74, 6) is -0.873. The lowest BCUT2D eigenvalue weighted by Crippen LogP contribution is -2.30. The molecule has 0 aliphatic heterocycles. The number of esters is 3. The lowest BCUT2D eigenvalue weighted by molar-refractivity contribution is -0.167. The second kappa shape index (κ2) is 70.1. The molecule has 0 spiro atoms. The molecule has 0 aromatic carbocycles. The van der Waals surface area contributed by atoms with Gasteiger partial charge >= 0.3 is 17.9 Å². The first-order valence-corrected chi connectivity index (χ1v) is 35.6. The maximum absolute atomic E-state index is 13.0. The van der Waals surface area contributed by atoms with Crippen LogP contribution in [0.5, 0.6) is 0 Å². The topological polar surface area (TPSA) is 78.9 Å². The monoisotopic (exact) mass is 1140 g/mol. The summed E-state index contributed by atoms with van der Waals surface area (Å²) in [6.45, 7) is 6.56. The molecule has 0 rings (SSSR count). The van der Waals surface area contributed by atoms with Crippen LogP contribution in [0.15, 0.2) is 85.1 Å². The van der Waals surface area contributed by atoms with E-state index in [2.05, 4.69) is 106 Å². The highest BCUT2D eigenvalue weighted by molar-refractivity contribution is 5.71. The van der Waals surface area contributed by atoms with Crippen molar-refractivity contribution in [1.82, 2.24) is 0 Å². The lowest BCUT2D eigenvalue weighted by atomic mass is 10.0. The van der Waals surface area contributed by atoms with E-state index in [4.69, 9.17) is 14.2 Å². The van der Waals surface area contributed by atoms with Crippen molar-refractivity contribution in [3.63, 3.8) is 0 Å². The van der Waals surface area contributed by atoms with Crippen molar-refractivity contribution >= 4 is 17.9 Å². The van der Waals surface area contributed by atoms with Crippen molar-refractivity contribution in [2.75, 3.05) is 13.2 Å². The van der Waals surface area contributed by atoms with Gasteiger partial charge in [0, 0.05) is 19.3 Å². The predicted molar refractivity (Wildman–Crippen MR) is 358 cm³/mol. The minimum Gasteiger partial charge on any atom is -0.462 e. The van der Waals surface area contributed by atoms with Gasteiger partial charge in [-0.2, -0.15) is 0 Å². The molecule has 0 aliphatic rings. The van der Waals surface area contributed by atoms with Gasteiger partial charge in [0.05, 0.1) is 0 Å². The van der Waals surface area contributed by atoms with Crippen LogP contribution in [-0.4, -0.2) is 37.2 Å². The molecule has 0 aromatic heterocycles. The highest BCUT2D eigenvalue weighted by Crippen LogP contribution is 2.17. The number of unbranched alkanes of at least 4 members (excludes halogenated alkanes) is 40. The van der Waals surface area contributed by atoms with Gasteiger partial charge in [-0.15, -0.1) is 0 Å². The average molecular weight is 1140 g/mol. The van der Waals surface area contributed by atoms with Crippen molar-refractivity contribution in [2.24, 2.45) is 0 Å². The molecule has 6 heteroatoms. The fraction of sp³-hybridized carbons (Fsp3) is 0.776. The Morgan fingerprint density at radius 1 is 0.256 bits per heavy atom. The summed E-state index contributed by atoms with van der Waals surface area (Å²) < 4.78 is 17.0. The van der Waals surface area contributed by atoms with Gasteiger partial charge in [-0.3, -0.25) is 14.4 Å². The third-order valence-electron chi connectivity index (χ3n) is 15.6. The van der Waals surface area contributed by atoms with Crippen molar-refractivity contribution in [2.45, 2.75) is 367 Å². The van der Waals surface area contributed by atoms with Gasteiger partial charge in [0.25, 0.3) is 0 Å². The van der Waals surface area contributed by atoms with E-state index >= 15 is 0 Å². The Balaban J connectivity index is 4.33. The van der Waals surface area contributed by atoms with Gasteiger partial charge in [-0.05, 0) is 116 Å². The number of rotatable bonds is 65. The maximum atomic E-state index is 13.0. The molecule has 0 radical (unpaired) electrons. The molecule has 82 heavy (non-hydrogen) atoms. The van der Waals surface area contributed by atoms with Crippen LogP contribution in [0.3, 0.4) is 0 Å². The molecule has 1 unspecified atom stereocenters. The smallest absolute Gasteiger partial charge is 0.306 e. The number of allylic oxidation sites excluding steroid dienone is 14. The Hall–Kier alpha value is -3.41. The Labute approximate surface area is 509 Å². The van der Waals surface area contributed by atoms with Crippen LogP contribution in [-0.2, 0) is 28.6 Å². The van der Waals surface area contributed by atoms with Crippen molar-refractivity contribution in [1.29, 1.82) is 0 Å². The quantitative estimate of drug-likeness (QED) is 0.0261. The number of hydrogen-bond donors (Lipinski definition) is 0. The Bertz CT molecular complexity index is 1550. The molecular weight excluding hydrogens is 1010 g/mol. The fourth-order valence-corrected chi connectivity index (χ4v) is 10.3. The average Bonchev–Trinajstić information content (AvgIpc) is 3.47. The summed E-state index contributed by atoms with van der Waals surface area (Å²) >= 11 is 0. The van der Waals surface area contributed by atoms with Crippen molar-refractivity contribution < 1.29 is 28.6 Å². The summed E-state index contributed by atoms with van der Waals surface area (Å²) in [7, 11) is 0. The first-order chi connectivity index (χ1) is 40.5. The molecule has 0 heterocycles. The van der Waals surface area contributed by atoms with Crippen LogP contribution in [0.1, 0.15) is 361 Å². The standard InChI is InChI=1S/C76H134O6/c1-4-7-10-13-16-19-22-25-28-31-33-35-36-37-38-39-40-42-43-45-48-51-54-57-60-63-66-69-75(78)81-72-73(71-80-74(77)68-65-62-59-56-53-50-47-30-27-24-21-18-15-12-9-6-3)82-76(79)70-67-64-61-58-55-52-49-46-44-41-34-32-29-26-23-20-17-14-11-8-5-2/h7,10,16,19,25,28,30,32-35,37-38,47,73H,4-6,8-9,11-15,17-18,20-24,26-27,29,31,36,39-46,48-72H2,1-3H3/b10-7-,19-16-,28-25-,34-32-,35-33-,38-37-,47-30-. The van der Waals surface area contributed by atoms with Crippen LogP contribution in [0.2, 0.25) is 0 Å². The first-order valence-electron chi connectivity index (χ1n) is 35.6. The molecule has 0 aromatic rings. The van der Waals surface area contributed by atoms with E-state index in [9.17, 15) is 14.4 Å². The van der Waals surface area contributed by atoms with E-state index in [1.807, 2.05) is 0 Å². The normalized spacial score (nSPS) is 12.6. The third kappa shape index (κ3) is 67.4. The zero-order valence-electron chi connectivity index (χ0n) is 54.5. The van der Waals surface area contributed by atoms with Gasteiger partial charge in [-0.1, -0.05) is 311 Å². The van der Waals surface area contributed by atoms with Crippen LogP contribution in [0, 0.1) is 0 Å². The van der Waals surface area contributed by atoms with Gasteiger partial charge in [0.1, 0.15) is 13.2 Å². The Morgan fingerprint density at radius 3 is 0.756 bits per heavy atom. The van der Waals surface area contributed by atoms with Gasteiger partial charge in [-0.25, -0.2) is 0 Å². The Kier molecular flexibility index (Phi) is 67.2. The summed E-state index contributed by atoms with van der Waals surface area (Å²) in [6.07, 6.45) is 93.2. The van der Waals surface area contributed by atoms with Gasteiger partial charge < -0.3 is 14.2 Å². The largest absolute Gasteiger partial charge is 0.462 e. The molecule has 474 valence electrons. The molecule has 0 aliphatic carbocycles. The molecule has 0 saturated heterocycles. The van der Waals surface area contributed by atoms with Crippen molar-refractivity contribution in [3.8, 4) is 0 Å². The summed E-state index contributed by atoms with van der Waals surface area (Å²) in [5, 5.41) is 0. The first kappa shape index (κ1) is 78.6. The van der Waals surface area contributed by atoms with Crippen LogP contribution in [0.25, 0.3) is 0 Å². The molecule has 1 atom stereocenters. The van der Waals surface area contributed by atoms with Crippen LogP contribution >= 0.6 is 0 Å². The van der Waals surface area contributed by atoms with E-state index in [0.717, 1.165) is 96.3 Å². The molecule has 0 amide bonds. The molecule has 0 N–H and O–H groups in total. The zero-order valence-corrected chi connectivity index (χ0v) is 54.5. The molecule has 0 bridgehead atoms. The number of carbonyl (C=O) groups is 3. The summed E-state index contributed by atoms with van der Waals surface area (Å²) in [5.41, 5.74) is 0. The fourth-order valence-electron chi connectivity index (χ4n) is 10.3. The van der Waals surface area contributed by atoms with Gasteiger partial charge in [0.2, 0.25) is 0 Å². The third-order valence-corrected chi connectivity index (χ3v) is 15.6. The van der Waals surface area contributed by atoms with Crippen molar-refractivity contribution in [3.05, 3.63) is 85.1 Å². The predicted octanol–water partition coefficient (Wildman–Crippen LogP) is 24.6. The lowest BCUT2D eigenvalue weighted by Gasteiger charge is -2.18. The minimum atomic E-state index is -0.784. The van der Waals surface area contributed by atoms with E-state index in [1.54, 1.807) is 0 Å². The van der Waals surface area contributed by atoms with Gasteiger partial charge in [0.15, 0.2) is 6.10 Å². The second-order valence-electron chi connectivity index (χ2n) is 23.8. The van der Waals surface area contributed by atoms with Crippen LogP contribution < -0.4 is 0 Å². The van der Waals surface area contributed by atoms with E-state index < -0.39 is 6.10 Å². The van der Waals surface area contributed by atoms with E-state index in [1.165, 1.54) is 225 Å². The second-order valence-corrected chi connectivity index (χ2v) is 23.8. The number of carbonyl (C=O) groups excluding carboxylic acids is 3. The SMILES string of the molecule is CC/C=C\C/C=C\C/C=C\C/C=C\C/C=C\CCCCCCCCCCCCCC(=O)OCC(COC(=O)CCCCCCC/C=C\CCCCCCCCC)OC(=O)CCCCCCCCCCC/C=C\CCCCCCCCCC. The maximum Gasteiger partial charge on any atom is 0.306 e. The molecular formula is C76H134O6. The minimum absolute atomic E-state index is 0.0790. The molecule has 6 nitrogen and oxygen atoms in total. The molecule has 0 fully saturated rings. The summed E-state index contributed by atoms with van der Waals surface area (Å²) in [6, 6.07) is 0. The summed E-state index contributed by atoms with van der Waals surface area (Å²) in [4.78, 5) is 38.5. The van der Waals surface area contributed by atoms with E-state index in [-0.39, 0.29) is 31.1 Å². The zero-order chi connectivity index (χ0) is 59.2. The number of hydrogen-bond acceptors (Lipinski definition) is 6.